The lowest BCUT2D eigenvalue weighted by Gasteiger charge is -2.06. The van der Waals surface area contributed by atoms with Gasteiger partial charge < -0.3 is 10.0 Å². The van der Waals surface area contributed by atoms with Gasteiger partial charge in [-0.2, -0.15) is 0 Å². The highest BCUT2D eigenvalue weighted by Gasteiger charge is 2.24. The van der Waals surface area contributed by atoms with Crippen LogP contribution in [-0.2, 0) is 0 Å². The average molecular weight is 316 g/mol. The molecule has 0 aliphatic carbocycles. The van der Waals surface area contributed by atoms with Crippen molar-refractivity contribution in [2.24, 2.45) is 0 Å². The number of hydrogen-bond donors (Lipinski definition) is 2. The van der Waals surface area contributed by atoms with E-state index in [1.54, 1.807) is 0 Å². The maximum atomic E-state index is 13.0. The molecular formula is C6H3BBr2F2O2. The third-order valence-corrected chi connectivity index (χ3v) is 2.76. The lowest BCUT2D eigenvalue weighted by Crippen LogP contribution is -2.34. The summed E-state index contributed by atoms with van der Waals surface area (Å²) in [5.41, 5.74) is -0.513. The van der Waals surface area contributed by atoms with E-state index in [0.29, 0.717) is 0 Å². The maximum absolute atomic E-state index is 13.0. The second-order valence-corrected chi connectivity index (χ2v) is 3.90. The van der Waals surface area contributed by atoms with Gasteiger partial charge in [-0.15, -0.1) is 0 Å². The molecule has 0 spiro atoms. The van der Waals surface area contributed by atoms with E-state index in [0.717, 1.165) is 6.07 Å². The van der Waals surface area contributed by atoms with Crippen molar-refractivity contribution in [1.29, 1.82) is 0 Å². The van der Waals surface area contributed by atoms with Gasteiger partial charge in [0.15, 0.2) is 5.82 Å². The van der Waals surface area contributed by atoms with Gasteiger partial charge in [-0.3, -0.25) is 0 Å². The number of rotatable bonds is 1. The van der Waals surface area contributed by atoms with Gasteiger partial charge in [-0.25, -0.2) is 8.78 Å². The minimum atomic E-state index is -2.04. The standard InChI is InChI=1S/C6H3BBr2F2O2/c8-2-1-3(10)4(7(12)13)5(9)6(2)11/h1,12-13H. The van der Waals surface area contributed by atoms with Crippen LogP contribution in [0.3, 0.4) is 0 Å². The molecule has 13 heavy (non-hydrogen) atoms. The predicted octanol–water partition coefficient (Wildman–Crippen LogP) is 1.17. The van der Waals surface area contributed by atoms with Crippen LogP contribution in [0.5, 0.6) is 0 Å². The lowest BCUT2D eigenvalue weighted by atomic mass is 9.80. The van der Waals surface area contributed by atoms with E-state index in [4.69, 9.17) is 10.0 Å². The summed E-state index contributed by atoms with van der Waals surface area (Å²) in [6.45, 7) is 0. The first-order valence-electron chi connectivity index (χ1n) is 3.14. The van der Waals surface area contributed by atoms with Crippen molar-refractivity contribution in [3.63, 3.8) is 0 Å². The smallest absolute Gasteiger partial charge is 0.423 e. The van der Waals surface area contributed by atoms with Crippen molar-refractivity contribution in [2.75, 3.05) is 0 Å². The van der Waals surface area contributed by atoms with Crippen LogP contribution in [0.1, 0.15) is 0 Å². The van der Waals surface area contributed by atoms with E-state index in [9.17, 15) is 8.78 Å². The van der Waals surface area contributed by atoms with Crippen LogP contribution in [0.2, 0.25) is 0 Å². The molecule has 2 nitrogen and oxygen atoms in total. The van der Waals surface area contributed by atoms with Crippen LogP contribution >= 0.6 is 31.9 Å². The van der Waals surface area contributed by atoms with Gasteiger partial charge in [-0.1, -0.05) is 0 Å². The summed E-state index contributed by atoms with van der Waals surface area (Å²) in [5.74, 6) is -1.67. The van der Waals surface area contributed by atoms with Crippen molar-refractivity contribution < 1.29 is 18.8 Å². The van der Waals surface area contributed by atoms with Gasteiger partial charge in [-0.05, 0) is 37.9 Å². The van der Waals surface area contributed by atoms with Crippen molar-refractivity contribution in [3.8, 4) is 0 Å². The Balaban J connectivity index is 3.44. The topological polar surface area (TPSA) is 40.5 Å². The summed E-state index contributed by atoms with van der Waals surface area (Å²) >= 11 is 5.49. The highest BCUT2D eigenvalue weighted by Crippen LogP contribution is 2.23. The molecule has 0 aliphatic rings. The van der Waals surface area contributed by atoms with Crippen LogP contribution in [0.25, 0.3) is 0 Å². The Morgan fingerprint density at radius 2 is 1.77 bits per heavy atom. The van der Waals surface area contributed by atoms with Gasteiger partial charge in [0.2, 0.25) is 0 Å². The summed E-state index contributed by atoms with van der Waals surface area (Å²) in [4.78, 5) is 0. The molecule has 0 unspecified atom stereocenters. The van der Waals surface area contributed by atoms with Crippen molar-refractivity contribution >= 4 is 44.4 Å². The van der Waals surface area contributed by atoms with Crippen molar-refractivity contribution in [2.45, 2.75) is 0 Å². The zero-order chi connectivity index (χ0) is 10.2. The van der Waals surface area contributed by atoms with Gasteiger partial charge >= 0.3 is 7.12 Å². The molecule has 0 saturated heterocycles. The minimum absolute atomic E-state index is 0.0822. The molecule has 1 aromatic rings. The molecule has 0 radical (unpaired) electrons. The summed E-state index contributed by atoms with van der Waals surface area (Å²) in [7, 11) is -2.04. The Morgan fingerprint density at radius 1 is 1.23 bits per heavy atom. The molecule has 0 bridgehead atoms. The molecule has 0 aromatic heterocycles. The monoisotopic (exact) mass is 314 g/mol. The van der Waals surface area contributed by atoms with Gasteiger partial charge in [0, 0.05) is 5.46 Å². The summed E-state index contributed by atoms with van der Waals surface area (Å²) in [5, 5.41) is 17.4. The second-order valence-electron chi connectivity index (χ2n) is 2.26. The molecule has 0 heterocycles. The molecule has 0 saturated carbocycles. The first-order chi connectivity index (χ1) is 5.95. The highest BCUT2D eigenvalue weighted by atomic mass is 79.9. The van der Waals surface area contributed by atoms with Gasteiger partial charge in [0.25, 0.3) is 0 Å². The summed E-state index contributed by atoms with van der Waals surface area (Å²) in [6, 6.07) is 0.828. The van der Waals surface area contributed by atoms with Gasteiger partial charge in [0.05, 0.1) is 8.95 Å². The summed E-state index contributed by atoms with van der Waals surface area (Å²) in [6.07, 6.45) is 0. The molecule has 0 aliphatic heterocycles. The van der Waals surface area contributed by atoms with Crippen LogP contribution in [0, 0.1) is 11.6 Å². The van der Waals surface area contributed by atoms with Crippen LogP contribution in [0.15, 0.2) is 15.0 Å². The summed E-state index contributed by atoms with van der Waals surface area (Å²) < 4.78 is 25.7. The zero-order valence-corrected chi connectivity index (χ0v) is 9.23. The first kappa shape index (κ1) is 11.1. The molecule has 0 amide bonds. The SMILES string of the molecule is OB(O)c1c(F)cc(Br)c(F)c1Br. The molecule has 1 rings (SSSR count). The normalized spacial score (nSPS) is 10.3. The third kappa shape index (κ3) is 2.09. The van der Waals surface area contributed by atoms with Crippen LogP contribution in [-0.4, -0.2) is 17.2 Å². The Morgan fingerprint density at radius 3 is 2.23 bits per heavy atom. The number of halogens is 4. The molecular weight excluding hydrogens is 313 g/mol. The van der Waals surface area contributed by atoms with E-state index in [2.05, 4.69) is 31.9 Å². The Hall–Kier alpha value is 0.0249. The quantitative estimate of drug-likeness (QED) is 0.464. The van der Waals surface area contributed by atoms with E-state index in [1.807, 2.05) is 0 Å². The van der Waals surface area contributed by atoms with E-state index < -0.39 is 24.2 Å². The Kier molecular flexibility index (Phi) is 3.45. The molecule has 7 heteroatoms. The van der Waals surface area contributed by atoms with E-state index >= 15 is 0 Å². The van der Waals surface area contributed by atoms with Crippen molar-refractivity contribution in [3.05, 3.63) is 26.6 Å². The first-order valence-corrected chi connectivity index (χ1v) is 4.72. The van der Waals surface area contributed by atoms with E-state index in [1.165, 1.54) is 0 Å². The molecule has 70 valence electrons. The fourth-order valence-electron chi connectivity index (χ4n) is 0.817. The minimum Gasteiger partial charge on any atom is -0.423 e. The fourth-order valence-corrected chi connectivity index (χ4v) is 2.09. The number of benzene rings is 1. The number of hydrogen-bond acceptors (Lipinski definition) is 2. The average Bonchev–Trinajstić information content (AvgIpc) is 1.99. The lowest BCUT2D eigenvalue weighted by molar-refractivity contribution is 0.422. The third-order valence-electron chi connectivity index (χ3n) is 1.41. The van der Waals surface area contributed by atoms with Crippen LogP contribution in [0.4, 0.5) is 8.78 Å². The molecule has 0 fully saturated rings. The zero-order valence-electron chi connectivity index (χ0n) is 6.06. The van der Waals surface area contributed by atoms with Crippen molar-refractivity contribution in [1.82, 2.24) is 0 Å². The molecule has 2 N–H and O–H groups in total. The van der Waals surface area contributed by atoms with E-state index in [-0.39, 0.29) is 8.95 Å². The van der Waals surface area contributed by atoms with Crippen LogP contribution < -0.4 is 5.46 Å². The second kappa shape index (κ2) is 4.04. The van der Waals surface area contributed by atoms with Gasteiger partial charge in [0.1, 0.15) is 5.82 Å². The maximum Gasteiger partial charge on any atom is 0.492 e. The largest absolute Gasteiger partial charge is 0.492 e. The Labute approximate surface area is 90.0 Å². The molecule has 1 aromatic carbocycles. The fraction of sp³-hybridized carbons (Fsp3) is 0. The Bertz CT molecular complexity index is 346. The highest BCUT2D eigenvalue weighted by molar-refractivity contribution is 9.11. The molecule has 0 atom stereocenters. The predicted molar refractivity (Wildman–Crippen MR) is 51.6 cm³/mol.